The highest BCUT2D eigenvalue weighted by atomic mass is 15.1. The Bertz CT molecular complexity index is 611. The van der Waals surface area contributed by atoms with Gasteiger partial charge in [0, 0.05) is 24.2 Å². The summed E-state index contributed by atoms with van der Waals surface area (Å²) in [5.74, 6) is 0. The number of rotatable bonds is 5. The molecule has 3 nitrogen and oxygen atoms in total. The summed E-state index contributed by atoms with van der Waals surface area (Å²) in [6, 6.07) is 10.4. The number of fused-ring (bicyclic) bond motifs is 1. The van der Waals surface area contributed by atoms with Gasteiger partial charge < -0.3 is 10.2 Å². The second-order valence-electron chi connectivity index (χ2n) is 5.56. The van der Waals surface area contributed by atoms with Crippen molar-refractivity contribution in [3.05, 3.63) is 41.6 Å². The zero-order chi connectivity index (χ0) is 14.5. The molecule has 1 N–H and O–H groups in total. The molecule has 1 aromatic heterocycles. The predicted molar refractivity (Wildman–Crippen MR) is 88.1 cm³/mol. The molecule has 0 fully saturated rings. The number of hydrogen-bond donors (Lipinski definition) is 1. The number of hydrogen-bond acceptors (Lipinski definition) is 3. The number of pyridine rings is 1. The van der Waals surface area contributed by atoms with Gasteiger partial charge in [-0.3, -0.25) is 0 Å². The van der Waals surface area contributed by atoms with Crippen LogP contribution in [0, 0.1) is 0 Å². The molecule has 0 saturated carbocycles. The molecule has 0 aliphatic heterocycles. The van der Waals surface area contributed by atoms with E-state index in [1.165, 1.54) is 11.0 Å². The fraction of sp³-hybridized carbons (Fsp3) is 0.353. The van der Waals surface area contributed by atoms with Crippen molar-refractivity contribution in [1.29, 1.82) is 0 Å². The van der Waals surface area contributed by atoms with Crippen LogP contribution in [0.1, 0.15) is 19.5 Å². The number of allylic oxidation sites excluding steroid dienone is 1. The van der Waals surface area contributed by atoms with Crippen molar-refractivity contribution >= 4 is 22.7 Å². The van der Waals surface area contributed by atoms with Crippen LogP contribution in [0.2, 0.25) is 0 Å². The van der Waals surface area contributed by atoms with Crippen LogP contribution in [0.25, 0.3) is 17.0 Å². The van der Waals surface area contributed by atoms with E-state index in [-0.39, 0.29) is 0 Å². The summed E-state index contributed by atoms with van der Waals surface area (Å²) in [6.07, 6.45) is 2.11. The normalized spacial score (nSPS) is 10.8. The number of nitrogens with zero attached hydrogens (tertiary/aromatic N) is 2. The molecule has 1 aromatic carbocycles. The van der Waals surface area contributed by atoms with E-state index in [1.54, 1.807) is 0 Å². The minimum absolute atomic E-state index is 0.926. The third kappa shape index (κ3) is 3.81. The molecule has 0 bridgehead atoms. The van der Waals surface area contributed by atoms with Gasteiger partial charge in [0.05, 0.1) is 11.2 Å². The lowest BCUT2D eigenvalue weighted by Gasteiger charge is -2.13. The van der Waals surface area contributed by atoms with Gasteiger partial charge in [0.15, 0.2) is 0 Å². The molecule has 2 aromatic rings. The average Bonchev–Trinajstić information content (AvgIpc) is 2.37. The first kappa shape index (κ1) is 14.5. The first-order valence-electron chi connectivity index (χ1n) is 6.99. The Kier molecular flexibility index (Phi) is 4.74. The van der Waals surface area contributed by atoms with Gasteiger partial charge in [0.25, 0.3) is 0 Å². The van der Waals surface area contributed by atoms with Crippen LogP contribution in [0.5, 0.6) is 0 Å². The first-order valence-corrected chi connectivity index (χ1v) is 6.99. The van der Waals surface area contributed by atoms with E-state index < -0.39 is 0 Å². The summed E-state index contributed by atoms with van der Waals surface area (Å²) in [4.78, 5) is 6.87. The lowest BCUT2D eigenvalue weighted by Crippen LogP contribution is -2.20. The lowest BCUT2D eigenvalue weighted by atomic mass is 10.1. The smallest absolute Gasteiger partial charge is 0.0730 e. The van der Waals surface area contributed by atoms with E-state index in [0.717, 1.165) is 30.0 Å². The molecule has 0 aliphatic carbocycles. The number of benzene rings is 1. The summed E-state index contributed by atoms with van der Waals surface area (Å²) in [6.45, 7) is 6.12. The van der Waals surface area contributed by atoms with Gasteiger partial charge in [-0.2, -0.15) is 0 Å². The predicted octanol–water partition coefficient (Wildman–Crippen LogP) is 3.63. The molecule has 0 unspecified atom stereocenters. The number of para-hydroxylation sites is 1. The maximum atomic E-state index is 4.69. The molecule has 20 heavy (non-hydrogen) atoms. The van der Waals surface area contributed by atoms with Gasteiger partial charge in [0.2, 0.25) is 0 Å². The Morgan fingerprint density at radius 1 is 1.25 bits per heavy atom. The van der Waals surface area contributed by atoms with Crippen LogP contribution in [0.3, 0.4) is 0 Å². The lowest BCUT2D eigenvalue weighted by molar-refractivity contribution is 0.425. The van der Waals surface area contributed by atoms with Crippen molar-refractivity contribution < 1.29 is 0 Å². The molecular formula is C17H23N3. The molecule has 106 valence electrons. The monoisotopic (exact) mass is 269 g/mol. The fourth-order valence-electron chi connectivity index (χ4n) is 2.13. The van der Waals surface area contributed by atoms with E-state index in [1.807, 2.05) is 6.07 Å². The highest BCUT2D eigenvalue weighted by Crippen LogP contribution is 2.24. The second kappa shape index (κ2) is 6.53. The molecule has 0 amide bonds. The summed E-state index contributed by atoms with van der Waals surface area (Å²) in [5, 5.41) is 4.70. The van der Waals surface area contributed by atoms with Crippen LogP contribution >= 0.6 is 0 Å². The van der Waals surface area contributed by atoms with Gasteiger partial charge >= 0.3 is 0 Å². The molecule has 3 heteroatoms. The van der Waals surface area contributed by atoms with Crippen LogP contribution in [0.15, 0.2) is 35.9 Å². The van der Waals surface area contributed by atoms with Crippen LogP contribution in [-0.4, -0.2) is 37.1 Å². The van der Waals surface area contributed by atoms with Gasteiger partial charge in [-0.05, 0) is 46.2 Å². The van der Waals surface area contributed by atoms with Crippen molar-refractivity contribution in [2.24, 2.45) is 0 Å². The third-order valence-electron chi connectivity index (χ3n) is 3.05. The van der Waals surface area contributed by atoms with Crippen molar-refractivity contribution in [3.8, 4) is 0 Å². The third-order valence-corrected chi connectivity index (χ3v) is 3.05. The SMILES string of the molecule is CC(C)=Cc1cc(NCCN(C)C)c2ccccc2n1. The maximum absolute atomic E-state index is 4.69. The van der Waals surface area contributed by atoms with E-state index in [0.29, 0.717) is 0 Å². The Balaban J connectivity index is 2.36. The number of likely N-dealkylation sites (N-methyl/N-ethyl adjacent to an activating group) is 1. The Labute approximate surface area is 121 Å². The van der Waals surface area contributed by atoms with Gasteiger partial charge in [-0.15, -0.1) is 0 Å². The average molecular weight is 269 g/mol. The van der Waals surface area contributed by atoms with Crippen LogP contribution in [0.4, 0.5) is 5.69 Å². The maximum Gasteiger partial charge on any atom is 0.0730 e. The minimum atomic E-state index is 0.926. The van der Waals surface area contributed by atoms with Crippen molar-refractivity contribution in [3.63, 3.8) is 0 Å². The number of nitrogens with one attached hydrogen (secondary N) is 1. The van der Waals surface area contributed by atoms with Gasteiger partial charge in [-0.1, -0.05) is 23.8 Å². The zero-order valence-corrected chi connectivity index (χ0v) is 12.8. The van der Waals surface area contributed by atoms with E-state index in [9.17, 15) is 0 Å². The van der Waals surface area contributed by atoms with E-state index in [2.05, 4.69) is 68.5 Å². The van der Waals surface area contributed by atoms with E-state index in [4.69, 9.17) is 4.98 Å². The summed E-state index contributed by atoms with van der Waals surface area (Å²) < 4.78 is 0. The standard InChI is InChI=1S/C17H23N3/c1-13(2)11-14-12-17(18-9-10-20(3)4)15-7-5-6-8-16(15)19-14/h5-8,11-12H,9-10H2,1-4H3,(H,18,19). The molecule has 2 rings (SSSR count). The van der Waals surface area contributed by atoms with Gasteiger partial charge in [0.1, 0.15) is 0 Å². The quantitative estimate of drug-likeness (QED) is 0.898. The molecule has 0 radical (unpaired) electrons. The topological polar surface area (TPSA) is 28.2 Å². The second-order valence-corrected chi connectivity index (χ2v) is 5.56. The number of anilines is 1. The zero-order valence-electron chi connectivity index (χ0n) is 12.8. The summed E-state index contributed by atoms with van der Waals surface area (Å²) in [5.41, 5.74) is 4.46. The highest BCUT2D eigenvalue weighted by molar-refractivity contribution is 5.92. The van der Waals surface area contributed by atoms with Crippen molar-refractivity contribution in [1.82, 2.24) is 9.88 Å². The van der Waals surface area contributed by atoms with Crippen LogP contribution < -0.4 is 5.32 Å². The molecule has 0 saturated heterocycles. The van der Waals surface area contributed by atoms with Gasteiger partial charge in [-0.25, -0.2) is 4.98 Å². The fourth-order valence-corrected chi connectivity index (χ4v) is 2.13. The van der Waals surface area contributed by atoms with Crippen LogP contribution in [-0.2, 0) is 0 Å². The molecule has 0 spiro atoms. The summed E-state index contributed by atoms with van der Waals surface area (Å²) in [7, 11) is 4.17. The minimum Gasteiger partial charge on any atom is -0.383 e. The molecule has 0 aliphatic rings. The van der Waals surface area contributed by atoms with E-state index >= 15 is 0 Å². The van der Waals surface area contributed by atoms with Crippen molar-refractivity contribution in [2.45, 2.75) is 13.8 Å². The van der Waals surface area contributed by atoms with Crippen molar-refractivity contribution in [2.75, 3.05) is 32.5 Å². The molecule has 1 heterocycles. The number of aromatic nitrogens is 1. The Hall–Kier alpha value is -1.87. The highest BCUT2D eigenvalue weighted by Gasteiger charge is 2.04. The Morgan fingerprint density at radius 2 is 2.00 bits per heavy atom. The summed E-state index contributed by atoms with van der Waals surface area (Å²) >= 11 is 0. The largest absolute Gasteiger partial charge is 0.383 e. The Morgan fingerprint density at radius 3 is 2.70 bits per heavy atom. The first-order chi connectivity index (χ1) is 9.56. The molecular weight excluding hydrogens is 246 g/mol. The molecule has 0 atom stereocenters.